The van der Waals surface area contributed by atoms with Crippen LogP contribution in [0.25, 0.3) is 0 Å². The number of thioether (sulfide) groups is 1. The fraction of sp³-hybridized carbons (Fsp3) is 0.238. The first-order chi connectivity index (χ1) is 13.6. The van der Waals surface area contributed by atoms with E-state index >= 15 is 0 Å². The molecule has 28 heavy (non-hydrogen) atoms. The number of hydrogen-bond donors (Lipinski definition) is 1. The van der Waals surface area contributed by atoms with Crippen molar-refractivity contribution in [3.63, 3.8) is 0 Å². The molecule has 1 aliphatic heterocycles. The van der Waals surface area contributed by atoms with Crippen molar-refractivity contribution in [2.24, 2.45) is 0 Å². The first-order valence-electron chi connectivity index (χ1n) is 9.11. The number of carbonyl (C=O) groups excluding carboxylic acids is 1. The summed E-state index contributed by atoms with van der Waals surface area (Å²) >= 11 is 3.30. The summed E-state index contributed by atoms with van der Waals surface area (Å²) in [5.41, 5.74) is 3.35. The molecule has 0 unspecified atom stereocenters. The molecule has 7 heteroatoms. The van der Waals surface area contributed by atoms with Crippen molar-refractivity contribution in [1.29, 1.82) is 0 Å². The Morgan fingerprint density at radius 3 is 2.79 bits per heavy atom. The summed E-state index contributed by atoms with van der Waals surface area (Å²) in [4.78, 5) is 22.1. The molecule has 0 saturated heterocycles. The lowest BCUT2D eigenvalue weighted by Crippen LogP contribution is -2.23. The summed E-state index contributed by atoms with van der Waals surface area (Å²) in [5.74, 6) is 0.956. The van der Waals surface area contributed by atoms with Crippen molar-refractivity contribution in [2.45, 2.75) is 11.6 Å². The van der Waals surface area contributed by atoms with Crippen molar-refractivity contribution >= 4 is 45.4 Å². The van der Waals surface area contributed by atoms with Crippen LogP contribution in [0, 0.1) is 0 Å². The Balaban J connectivity index is 1.42. The molecule has 0 fully saturated rings. The highest BCUT2D eigenvalue weighted by Crippen LogP contribution is 2.39. The number of pyridine rings is 1. The smallest absolute Gasteiger partial charge is 0.261 e. The number of nitrogens with one attached hydrogen (secondary N) is 1. The van der Waals surface area contributed by atoms with Crippen LogP contribution in [0.2, 0.25) is 0 Å². The van der Waals surface area contributed by atoms with Crippen LogP contribution < -0.4 is 15.1 Å². The van der Waals surface area contributed by atoms with E-state index in [2.05, 4.69) is 38.3 Å². The zero-order valence-corrected chi connectivity index (χ0v) is 17.5. The highest BCUT2D eigenvalue weighted by molar-refractivity contribution is 7.99. The lowest BCUT2D eigenvalue weighted by atomic mass is 10.2. The summed E-state index contributed by atoms with van der Waals surface area (Å²) in [7, 11) is 4.03. The number of aromatic nitrogens is 1. The normalized spacial score (nSPS) is 13.1. The molecular weight excluding hydrogens is 388 g/mol. The molecule has 0 atom stereocenters. The molecule has 1 aromatic carbocycles. The third-order valence-corrected chi connectivity index (χ3v) is 6.66. The number of nitrogens with zero attached hydrogens (tertiary/aromatic N) is 3. The second-order valence-electron chi connectivity index (χ2n) is 6.71. The van der Waals surface area contributed by atoms with Gasteiger partial charge in [-0.2, -0.15) is 0 Å². The Labute approximate surface area is 173 Å². The van der Waals surface area contributed by atoms with Crippen LogP contribution in [0.15, 0.2) is 59.8 Å². The van der Waals surface area contributed by atoms with E-state index in [1.54, 1.807) is 11.8 Å². The third-order valence-electron chi connectivity index (χ3n) is 4.58. The third kappa shape index (κ3) is 4.00. The van der Waals surface area contributed by atoms with Gasteiger partial charge < -0.3 is 15.1 Å². The summed E-state index contributed by atoms with van der Waals surface area (Å²) in [6.07, 6.45) is 1.83. The van der Waals surface area contributed by atoms with Crippen LogP contribution in [0.4, 0.5) is 16.4 Å². The maximum Gasteiger partial charge on any atom is 0.261 e. The van der Waals surface area contributed by atoms with Gasteiger partial charge in [0.1, 0.15) is 5.03 Å². The minimum Gasteiger partial charge on any atom is -0.378 e. The molecule has 0 aliphatic carbocycles. The van der Waals surface area contributed by atoms with Gasteiger partial charge >= 0.3 is 0 Å². The first-order valence-corrected chi connectivity index (χ1v) is 10.9. The second kappa shape index (κ2) is 8.24. The molecule has 144 valence electrons. The van der Waals surface area contributed by atoms with Crippen molar-refractivity contribution in [1.82, 2.24) is 10.3 Å². The molecule has 0 radical (unpaired) electrons. The van der Waals surface area contributed by atoms with Crippen molar-refractivity contribution in [3.8, 4) is 0 Å². The first kappa shape index (κ1) is 18.8. The minimum atomic E-state index is -0.0364. The number of benzene rings is 1. The average Bonchev–Trinajstić information content (AvgIpc) is 3.22. The molecular formula is C21H22N4OS2. The molecule has 0 saturated carbocycles. The van der Waals surface area contributed by atoms with Crippen LogP contribution in [0.1, 0.15) is 15.2 Å². The lowest BCUT2D eigenvalue weighted by molar-refractivity contribution is 0.0955. The Bertz CT molecular complexity index is 969. The number of thiophene rings is 1. The van der Waals surface area contributed by atoms with Gasteiger partial charge in [0, 0.05) is 44.8 Å². The van der Waals surface area contributed by atoms with Gasteiger partial charge in [0.25, 0.3) is 5.91 Å². The molecule has 1 amide bonds. The van der Waals surface area contributed by atoms with Gasteiger partial charge in [0.05, 0.1) is 15.6 Å². The molecule has 3 aromatic rings. The van der Waals surface area contributed by atoms with E-state index < -0.39 is 0 Å². The fourth-order valence-electron chi connectivity index (χ4n) is 3.06. The fourth-order valence-corrected chi connectivity index (χ4v) is 4.95. The number of carbonyl (C=O) groups is 1. The van der Waals surface area contributed by atoms with E-state index in [9.17, 15) is 4.79 Å². The van der Waals surface area contributed by atoms with Gasteiger partial charge in [-0.25, -0.2) is 4.98 Å². The second-order valence-corrected chi connectivity index (χ2v) is 8.86. The van der Waals surface area contributed by atoms with Gasteiger partial charge in [-0.15, -0.1) is 23.1 Å². The molecule has 0 spiro atoms. The SMILES string of the molecule is CN(C)c1ccc(CNC(=O)c2ccc(N3CCSc4ncccc43)s2)cc1. The number of anilines is 3. The summed E-state index contributed by atoms with van der Waals surface area (Å²) in [6, 6.07) is 16.2. The van der Waals surface area contributed by atoms with Gasteiger partial charge in [-0.05, 0) is 42.0 Å². The number of hydrogen-bond acceptors (Lipinski definition) is 6. The quantitative estimate of drug-likeness (QED) is 0.676. The Kier molecular flexibility index (Phi) is 5.54. The van der Waals surface area contributed by atoms with E-state index in [1.807, 2.05) is 50.6 Å². The number of rotatable bonds is 5. The van der Waals surface area contributed by atoms with Gasteiger partial charge in [0.2, 0.25) is 0 Å². The molecule has 5 nitrogen and oxygen atoms in total. The Morgan fingerprint density at radius 1 is 1.18 bits per heavy atom. The average molecular weight is 411 g/mol. The molecule has 4 rings (SSSR count). The summed E-state index contributed by atoms with van der Waals surface area (Å²) < 4.78 is 0. The van der Waals surface area contributed by atoms with Crippen LogP contribution in [-0.4, -0.2) is 37.3 Å². The molecule has 2 aromatic heterocycles. The minimum absolute atomic E-state index is 0.0364. The van der Waals surface area contributed by atoms with E-state index in [0.29, 0.717) is 6.54 Å². The van der Waals surface area contributed by atoms with Crippen molar-refractivity contribution < 1.29 is 4.79 Å². The summed E-state index contributed by atoms with van der Waals surface area (Å²) in [6.45, 7) is 1.44. The van der Waals surface area contributed by atoms with Crippen LogP contribution in [-0.2, 0) is 6.54 Å². The predicted molar refractivity (Wildman–Crippen MR) is 118 cm³/mol. The molecule has 3 heterocycles. The van der Waals surface area contributed by atoms with Gasteiger partial charge in [-0.1, -0.05) is 12.1 Å². The maximum absolute atomic E-state index is 12.6. The van der Waals surface area contributed by atoms with E-state index in [-0.39, 0.29) is 5.91 Å². The van der Waals surface area contributed by atoms with Crippen LogP contribution >= 0.6 is 23.1 Å². The predicted octanol–water partition coefficient (Wildman–Crippen LogP) is 4.38. The van der Waals surface area contributed by atoms with E-state index in [4.69, 9.17) is 0 Å². The van der Waals surface area contributed by atoms with Crippen LogP contribution in [0.3, 0.4) is 0 Å². The van der Waals surface area contributed by atoms with Crippen LogP contribution in [0.5, 0.6) is 0 Å². The maximum atomic E-state index is 12.6. The number of amides is 1. The van der Waals surface area contributed by atoms with E-state index in [0.717, 1.165) is 44.1 Å². The monoisotopic (exact) mass is 410 g/mol. The Morgan fingerprint density at radius 2 is 2.00 bits per heavy atom. The molecule has 1 aliphatic rings. The van der Waals surface area contributed by atoms with Crippen molar-refractivity contribution in [2.75, 3.05) is 36.2 Å². The van der Waals surface area contributed by atoms with E-state index in [1.165, 1.54) is 11.3 Å². The highest BCUT2D eigenvalue weighted by atomic mass is 32.2. The Hall–Kier alpha value is -2.51. The zero-order chi connectivity index (χ0) is 19.5. The standard InChI is InChI=1S/C21H22N4OS2/c1-24(2)16-7-5-15(6-8-16)14-23-20(26)18-9-10-19(28-18)25-12-13-27-21-17(25)4-3-11-22-21/h3-11H,12-14H2,1-2H3,(H,23,26). The highest BCUT2D eigenvalue weighted by Gasteiger charge is 2.21. The molecule has 0 bridgehead atoms. The topological polar surface area (TPSA) is 48.5 Å². The van der Waals surface area contributed by atoms with Gasteiger partial charge in [0.15, 0.2) is 0 Å². The number of fused-ring (bicyclic) bond motifs is 1. The van der Waals surface area contributed by atoms with Crippen molar-refractivity contribution in [3.05, 3.63) is 65.2 Å². The largest absolute Gasteiger partial charge is 0.378 e. The zero-order valence-electron chi connectivity index (χ0n) is 15.9. The molecule has 1 N–H and O–H groups in total. The summed E-state index contributed by atoms with van der Waals surface area (Å²) in [5, 5.41) is 5.15. The van der Waals surface area contributed by atoms with Gasteiger partial charge in [-0.3, -0.25) is 4.79 Å². The lowest BCUT2D eigenvalue weighted by Gasteiger charge is -2.28.